The zero-order valence-corrected chi connectivity index (χ0v) is 6.84. The third kappa shape index (κ3) is 4.36. The molecule has 2 unspecified atom stereocenters. The van der Waals surface area contributed by atoms with Gasteiger partial charge in [0.15, 0.2) is 0 Å². The van der Waals surface area contributed by atoms with E-state index in [1.165, 1.54) is 0 Å². The van der Waals surface area contributed by atoms with E-state index in [1.807, 2.05) is 0 Å². The molecule has 0 bridgehead atoms. The van der Waals surface area contributed by atoms with E-state index in [-0.39, 0.29) is 0 Å². The number of hydrogen-bond donors (Lipinski definition) is 1. The smallest absolute Gasteiger partial charge is 0.327 e. The molecule has 0 rings (SSSR count). The van der Waals surface area contributed by atoms with Gasteiger partial charge >= 0.3 is 5.51 Å². The van der Waals surface area contributed by atoms with Gasteiger partial charge in [0.2, 0.25) is 0 Å². The summed E-state index contributed by atoms with van der Waals surface area (Å²) in [6, 6.07) is -0.627. The largest absolute Gasteiger partial charge is 0.471 e. The fourth-order valence-electron chi connectivity index (χ4n) is 0.407. The summed E-state index contributed by atoms with van der Waals surface area (Å²) in [5, 5.41) is 0. The summed E-state index contributed by atoms with van der Waals surface area (Å²) in [6.07, 6.45) is 0.405. The Kier molecular flexibility index (Phi) is 4.02. The average Bonchev–Trinajstić information content (AvgIpc) is 1.85. The molecule has 0 aliphatic rings. The normalized spacial score (nSPS) is 17.9. The van der Waals surface area contributed by atoms with E-state index in [0.29, 0.717) is 6.42 Å². The molecule has 0 heterocycles. The van der Waals surface area contributed by atoms with Crippen LogP contribution in [0.15, 0.2) is 0 Å². The van der Waals surface area contributed by atoms with E-state index in [1.54, 1.807) is 6.92 Å². The molecular weight excluding hydrogens is 179 g/mol. The molecule has 6 heteroatoms. The van der Waals surface area contributed by atoms with Gasteiger partial charge in [-0.1, -0.05) is 6.92 Å². The molecule has 0 aromatic rings. The highest BCUT2D eigenvalue weighted by Gasteiger charge is 2.37. The molecule has 0 aromatic carbocycles. The van der Waals surface area contributed by atoms with Gasteiger partial charge in [0.1, 0.15) is 10.8 Å². The molecule has 68 valence electrons. The van der Waals surface area contributed by atoms with Gasteiger partial charge in [-0.05, 0) is 6.42 Å². The number of nitrogens with two attached hydrogens (primary N) is 1. The third-order valence-corrected chi connectivity index (χ3v) is 2.40. The lowest BCUT2D eigenvalue weighted by atomic mass is 10.3. The maximum atomic E-state index is 11.6. The Labute approximate surface area is 65.4 Å². The minimum Gasteiger partial charge on any atom is -0.327 e. The molecule has 0 radical (unpaired) electrons. The Morgan fingerprint density at radius 1 is 1.55 bits per heavy atom. The Balaban J connectivity index is 3.88. The second-order valence-electron chi connectivity index (χ2n) is 2.13. The monoisotopic (exact) mass is 189 g/mol. The second-order valence-corrected chi connectivity index (χ2v) is 3.61. The standard InChI is InChI=1S/C5H10F3NOS/c1-2-4(9)3-11(10)5(6,7)8/h4H,2-3,9H2,1H3. The first kappa shape index (κ1) is 10.9. The van der Waals surface area contributed by atoms with Crippen molar-refractivity contribution in [2.24, 2.45) is 5.73 Å². The van der Waals surface area contributed by atoms with Crippen molar-refractivity contribution in [3.8, 4) is 0 Å². The molecule has 2 atom stereocenters. The summed E-state index contributed by atoms with van der Waals surface area (Å²) in [5.41, 5.74) is 0.559. The maximum absolute atomic E-state index is 11.6. The molecular formula is C5H10F3NOS. The molecule has 0 aliphatic heterocycles. The third-order valence-electron chi connectivity index (χ3n) is 1.15. The van der Waals surface area contributed by atoms with Crippen LogP contribution in [-0.4, -0.2) is 21.5 Å². The molecule has 0 amide bonds. The highest BCUT2D eigenvalue weighted by Crippen LogP contribution is 2.20. The Morgan fingerprint density at radius 3 is 2.27 bits per heavy atom. The van der Waals surface area contributed by atoms with Crippen molar-refractivity contribution in [1.29, 1.82) is 0 Å². The quantitative estimate of drug-likeness (QED) is 0.719. The van der Waals surface area contributed by atoms with Crippen molar-refractivity contribution < 1.29 is 17.4 Å². The van der Waals surface area contributed by atoms with Crippen molar-refractivity contribution in [3.63, 3.8) is 0 Å². The van der Waals surface area contributed by atoms with Crippen molar-refractivity contribution in [2.45, 2.75) is 24.9 Å². The highest BCUT2D eigenvalue weighted by atomic mass is 32.2. The van der Waals surface area contributed by atoms with Gasteiger partial charge < -0.3 is 5.73 Å². The molecule has 0 fully saturated rings. The van der Waals surface area contributed by atoms with Gasteiger partial charge in [0, 0.05) is 11.8 Å². The summed E-state index contributed by atoms with van der Waals surface area (Å²) in [5.74, 6) is -0.500. The molecule has 2 nitrogen and oxygen atoms in total. The predicted molar refractivity (Wildman–Crippen MR) is 37.3 cm³/mol. The SMILES string of the molecule is CCC(N)CS(=O)C(F)(F)F. The van der Waals surface area contributed by atoms with Gasteiger partial charge in [0.25, 0.3) is 0 Å². The average molecular weight is 189 g/mol. The first-order valence-electron chi connectivity index (χ1n) is 3.08. The molecule has 0 saturated carbocycles. The van der Waals surface area contributed by atoms with Gasteiger partial charge in [-0.2, -0.15) is 13.2 Å². The lowest BCUT2D eigenvalue weighted by Gasteiger charge is -2.09. The van der Waals surface area contributed by atoms with Crippen LogP contribution in [0.2, 0.25) is 0 Å². The lowest BCUT2D eigenvalue weighted by Crippen LogP contribution is -2.31. The number of halogens is 3. The first-order valence-corrected chi connectivity index (χ1v) is 4.40. The van der Waals surface area contributed by atoms with E-state index in [9.17, 15) is 17.4 Å². The topological polar surface area (TPSA) is 43.1 Å². The van der Waals surface area contributed by atoms with E-state index >= 15 is 0 Å². The van der Waals surface area contributed by atoms with Crippen molar-refractivity contribution in [1.82, 2.24) is 0 Å². The van der Waals surface area contributed by atoms with Crippen molar-refractivity contribution in [2.75, 3.05) is 5.75 Å². The minimum atomic E-state index is -4.62. The van der Waals surface area contributed by atoms with Crippen molar-refractivity contribution >= 4 is 10.8 Å². The van der Waals surface area contributed by atoms with Crippen LogP contribution < -0.4 is 5.73 Å². The molecule has 0 saturated heterocycles. The molecule has 2 N–H and O–H groups in total. The van der Waals surface area contributed by atoms with Crippen LogP contribution in [0.3, 0.4) is 0 Å². The Bertz CT molecular complexity index is 147. The van der Waals surface area contributed by atoms with Crippen LogP contribution in [0, 0.1) is 0 Å². The summed E-state index contributed by atoms with van der Waals surface area (Å²) in [4.78, 5) is 0. The van der Waals surface area contributed by atoms with E-state index in [4.69, 9.17) is 5.73 Å². The Morgan fingerprint density at radius 2 is 2.00 bits per heavy atom. The fraction of sp³-hybridized carbons (Fsp3) is 1.00. The van der Waals surface area contributed by atoms with Crippen LogP contribution in [0.25, 0.3) is 0 Å². The van der Waals surface area contributed by atoms with Crippen LogP contribution in [0.1, 0.15) is 13.3 Å². The van der Waals surface area contributed by atoms with Gasteiger partial charge in [0.05, 0.1) is 0 Å². The highest BCUT2D eigenvalue weighted by molar-refractivity contribution is 7.85. The fourth-order valence-corrected chi connectivity index (χ4v) is 1.22. The lowest BCUT2D eigenvalue weighted by molar-refractivity contribution is -0.0385. The minimum absolute atomic E-state index is 0.405. The number of alkyl halides is 3. The van der Waals surface area contributed by atoms with Crippen molar-refractivity contribution in [3.05, 3.63) is 0 Å². The van der Waals surface area contributed by atoms with Gasteiger partial charge in [-0.3, -0.25) is 4.21 Å². The van der Waals surface area contributed by atoms with Crippen LogP contribution >= 0.6 is 0 Å². The molecule has 0 aliphatic carbocycles. The van der Waals surface area contributed by atoms with E-state index in [2.05, 4.69) is 0 Å². The van der Waals surface area contributed by atoms with Crippen LogP contribution in [0.5, 0.6) is 0 Å². The number of rotatable bonds is 3. The zero-order valence-electron chi connectivity index (χ0n) is 6.02. The first-order chi connectivity index (χ1) is 4.88. The van der Waals surface area contributed by atoms with E-state index in [0.717, 1.165) is 0 Å². The summed E-state index contributed by atoms with van der Waals surface area (Å²) < 4.78 is 45.1. The number of hydrogen-bond acceptors (Lipinski definition) is 2. The maximum Gasteiger partial charge on any atom is 0.471 e. The van der Waals surface area contributed by atoms with Gasteiger partial charge in [-0.25, -0.2) is 0 Å². The van der Waals surface area contributed by atoms with Gasteiger partial charge in [-0.15, -0.1) is 0 Å². The second kappa shape index (κ2) is 4.06. The molecule has 0 aromatic heterocycles. The van der Waals surface area contributed by atoms with Crippen LogP contribution in [-0.2, 0) is 10.8 Å². The van der Waals surface area contributed by atoms with E-state index < -0.39 is 28.1 Å². The molecule has 0 spiro atoms. The summed E-state index contributed by atoms with van der Waals surface area (Å²) in [7, 11) is -2.79. The Hall–Kier alpha value is -0.100. The van der Waals surface area contributed by atoms with Crippen LogP contribution in [0.4, 0.5) is 13.2 Å². The zero-order chi connectivity index (χ0) is 9.07. The predicted octanol–water partition coefficient (Wildman–Crippen LogP) is 0.992. The summed E-state index contributed by atoms with van der Waals surface area (Å²) >= 11 is 0. The summed E-state index contributed by atoms with van der Waals surface area (Å²) in [6.45, 7) is 1.65. The molecule has 11 heavy (non-hydrogen) atoms.